The minimum atomic E-state index is -0.939. The largest absolute Gasteiger partial charge is 0.478 e. The fraction of sp³-hybridized carbons (Fsp3) is 0.292. The van der Waals surface area contributed by atoms with Crippen molar-refractivity contribution in [2.75, 3.05) is 46.5 Å². The van der Waals surface area contributed by atoms with Crippen molar-refractivity contribution in [1.29, 1.82) is 0 Å². The number of carboxylic acid groups (broad SMARTS) is 1. The number of methoxy groups -OCH3 is 1. The molecule has 2 atom stereocenters. The second kappa shape index (κ2) is 25.9. The molecular formula is C65H64N14O8. The van der Waals surface area contributed by atoms with Crippen LogP contribution in [-0.2, 0) is 53.6 Å². The molecule has 4 aliphatic heterocycles. The molecule has 0 amide bonds. The first-order valence-electron chi connectivity index (χ1n) is 29.2. The first-order chi connectivity index (χ1) is 42.7. The summed E-state index contributed by atoms with van der Waals surface area (Å²) in [5.41, 5.74) is 12.4. The van der Waals surface area contributed by atoms with Crippen molar-refractivity contribution in [3.63, 3.8) is 0 Å². The van der Waals surface area contributed by atoms with E-state index in [0.717, 1.165) is 133 Å². The van der Waals surface area contributed by atoms with Crippen LogP contribution in [-0.4, -0.2) is 145 Å². The number of hydrogen-bond acceptors (Lipinski definition) is 17. The monoisotopic (exact) mass is 1170 g/mol. The van der Waals surface area contributed by atoms with Gasteiger partial charge in [0, 0.05) is 51.5 Å². The zero-order chi connectivity index (χ0) is 59.1. The van der Waals surface area contributed by atoms with Crippen LogP contribution in [0.15, 0.2) is 158 Å². The van der Waals surface area contributed by atoms with Crippen LogP contribution in [0.5, 0.6) is 11.8 Å². The van der Waals surface area contributed by atoms with Crippen molar-refractivity contribution < 1.29 is 38.4 Å². The number of imidazole rings is 2. The highest BCUT2D eigenvalue weighted by molar-refractivity contribution is 5.94. The van der Waals surface area contributed by atoms with Gasteiger partial charge in [-0.2, -0.15) is 30.0 Å². The Morgan fingerprint density at radius 3 is 1.41 bits per heavy atom. The van der Waals surface area contributed by atoms with Gasteiger partial charge in [-0.25, -0.2) is 29.5 Å². The SMILES string of the molecule is COC(=O)c1ccc2nc(CN3CC=C(c4cccc(OCc5ccc(-n6nccn6)cc5)n4)CC3)n(C[C@@H]3CCO3)c2c1.O=C(O)c1ccc2nc(CN3CC=C(c4cccc(OCc5ccc(-n6nccn6)cc5)n4)CC3)n(C[C@@H]3CCO3)c2c1. The Morgan fingerprint density at radius 2 is 1.01 bits per heavy atom. The molecule has 0 saturated carbocycles. The number of carbonyl (C=O) groups excluding carboxylic acids is 1. The van der Waals surface area contributed by atoms with Crippen molar-refractivity contribution in [3.05, 3.63) is 204 Å². The lowest BCUT2D eigenvalue weighted by atomic mass is 10.0. The summed E-state index contributed by atoms with van der Waals surface area (Å²) in [5.74, 6) is 1.79. The summed E-state index contributed by atoms with van der Waals surface area (Å²) < 4.78 is 32.8. The molecule has 0 bridgehead atoms. The summed E-state index contributed by atoms with van der Waals surface area (Å²) in [5, 5.41) is 26.1. The van der Waals surface area contributed by atoms with Gasteiger partial charge in [0.1, 0.15) is 24.9 Å². The number of pyridine rings is 2. The fourth-order valence-electron chi connectivity index (χ4n) is 11.0. The molecule has 10 aromatic rings. The van der Waals surface area contributed by atoms with E-state index >= 15 is 0 Å². The number of fused-ring (bicyclic) bond motifs is 2. The summed E-state index contributed by atoms with van der Waals surface area (Å²) in [6.07, 6.45) is 15.1. The Morgan fingerprint density at radius 1 is 0.563 bits per heavy atom. The number of nitrogens with zero attached hydrogens (tertiary/aromatic N) is 14. The van der Waals surface area contributed by atoms with Crippen molar-refractivity contribution in [3.8, 4) is 23.1 Å². The van der Waals surface area contributed by atoms with E-state index in [4.69, 9.17) is 43.6 Å². The number of carboxylic acids is 1. The standard InChI is InChI=1S/C33H33N7O4.C32H31N7O4/c1-42-33(41)25-7-10-29-30(19-25)39(20-27-13-18-43-27)31(36-29)21-38-16-11-24(12-17-38)28-3-2-4-32(37-28)44-22-23-5-8-26(9-6-23)40-34-14-15-35-40;40-32(41)24-6-9-28-29(18-24)38(19-26-12-17-42-26)30(35-28)20-37-15-10-23(11-16-37)27-2-1-3-31(36-27)43-21-22-4-7-25(8-5-22)39-33-13-14-34-39/h2-11,14-15,19,27H,12-13,16-18,20-22H2,1H3;1-10,13-14,18,26H,11-12,15-17,19-21H2,(H,40,41)/t27-;26-/m00/s1. The van der Waals surface area contributed by atoms with Crippen LogP contribution in [0.4, 0.5) is 0 Å². The lowest BCUT2D eigenvalue weighted by Gasteiger charge is -2.29. The summed E-state index contributed by atoms with van der Waals surface area (Å²) in [6, 6.07) is 38.4. The first-order valence-corrected chi connectivity index (χ1v) is 29.2. The minimum Gasteiger partial charge on any atom is -0.478 e. The molecule has 442 valence electrons. The van der Waals surface area contributed by atoms with E-state index in [1.165, 1.54) is 18.3 Å². The molecule has 2 saturated heterocycles. The fourth-order valence-corrected chi connectivity index (χ4v) is 11.0. The molecule has 0 aliphatic carbocycles. The summed E-state index contributed by atoms with van der Waals surface area (Å²) in [6.45, 7) is 8.44. The molecule has 1 N–H and O–H groups in total. The van der Waals surface area contributed by atoms with Gasteiger partial charge in [-0.05, 0) is 121 Å². The normalized spacial score (nSPS) is 16.9. The van der Waals surface area contributed by atoms with Gasteiger partial charge >= 0.3 is 11.9 Å². The molecule has 22 nitrogen and oxygen atoms in total. The molecule has 4 aliphatic rings. The second-order valence-electron chi connectivity index (χ2n) is 21.7. The average Bonchev–Trinajstić information content (AvgIpc) is 2.47. The van der Waals surface area contributed by atoms with Gasteiger partial charge in [-0.1, -0.05) is 48.6 Å². The van der Waals surface area contributed by atoms with Crippen LogP contribution in [0.3, 0.4) is 0 Å². The van der Waals surface area contributed by atoms with Gasteiger partial charge in [0.15, 0.2) is 0 Å². The van der Waals surface area contributed by atoms with Crippen molar-refractivity contribution in [1.82, 2.24) is 68.9 Å². The molecule has 14 rings (SSSR count). The third kappa shape index (κ3) is 13.2. The number of esters is 1. The van der Waals surface area contributed by atoms with Gasteiger partial charge in [0.25, 0.3) is 0 Å². The highest BCUT2D eigenvalue weighted by atomic mass is 16.5. The number of aromatic nitrogens is 12. The van der Waals surface area contributed by atoms with Gasteiger partial charge in [-0.3, -0.25) is 9.80 Å². The maximum absolute atomic E-state index is 12.2. The number of rotatable bonds is 20. The zero-order valence-electron chi connectivity index (χ0n) is 48.0. The highest BCUT2D eigenvalue weighted by Crippen LogP contribution is 2.30. The average molecular weight is 1170 g/mol. The zero-order valence-corrected chi connectivity index (χ0v) is 48.0. The van der Waals surface area contributed by atoms with Gasteiger partial charge in [0.2, 0.25) is 11.8 Å². The van der Waals surface area contributed by atoms with Gasteiger partial charge in [-0.15, -0.1) is 0 Å². The van der Waals surface area contributed by atoms with Crippen LogP contribution in [0.1, 0.15) is 80.6 Å². The molecule has 6 aromatic heterocycles. The van der Waals surface area contributed by atoms with E-state index in [0.29, 0.717) is 56.7 Å². The van der Waals surface area contributed by atoms with E-state index < -0.39 is 5.97 Å². The maximum Gasteiger partial charge on any atom is 0.337 e. The molecule has 0 spiro atoms. The Bertz CT molecular complexity index is 4100. The van der Waals surface area contributed by atoms with Crippen LogP contribution in [0.2, 0.25) is 0 Å². The van der Waals surface area contributed by atoms with Crippen molar-refractivity contribution in [2.24, 2.45) is 0 Å². The molecule has 0 radical (unpaired) electrons. The van der Waals surface area contributed by atoms with E-state index in [2.05, 4.69) is 51.5 Å². The summed E-state index contributed by atoms with van der Waals surface area (Å²) >= 11 is 0. The van der Waals surface area contributed by atoms with Gasteiger partial charge < -0.3 is 37.9 Å². The molecule has 22 heteroatoms. The van der Waals surface area contributed by atoms with Crippen LogP contribution >= 0.6 is 0 Å². The van der Waals surface area contributed by atoms with Gasteiger partial charge in [0.05, 0.1) is 126 Å². The predicted molar refractivity (Wildman–Crippen MR) is 322 cm³/mol. The van der Waals surface area contributed by atoms with Crippen LogP contribution < -0.4 is 9.47 Å². The van der Waals surface area contributed by atoms with Crippen LogP contribution in [0.25, 0.3) is 44.6 Å². The van der Waals surface area contributed by atoms with Crippen LogP contribution in [0, 0.1) is 0 Å². The number of benzene rings is 4. The smallest absolute Gasteiger partial charge is 0.337 e. The predicted octanol–water partition coefficient (Wildman–Crippen LogP) is 8.82. The summed E-state index contributed by atoms with van der Waals surface area (Å²) in [4.78, 5) is 51.1. The third-order valence-corrected chi connectivity index (χ3v) is 16.0. The van der Waals surface area contributed by atoms with E-state index in [1.807, 2.05) is 97.1 Å². The molecular weight excluding hydrogens is 1100 g/mol. The lowest BCUT2D eigenvalue weighted by Crippen LogP contribution is -2.33. The van der Waals surface area contributed by atoms with E-state index in [1.54, 1.807) is 58.6 Å². The highest BCUT2D eigenvalue weighted by Gasteiger charge is 2.27. The minimum absolute atomic E-state index is 0.136. The molecule has 2 fully saturated rings. The lowest BCUT2D eigenvalue weighted by molar-refractivity contribution is -0.0593. The molecule has 4 aromatic carbocycles. The first kappa shape index (κ1) is 56.4. The van der Waals surface area contributed by atoms with E-state index in [-0.39, 0.29) is 23.7 Å². The van der Waals surface area contributed by atoms with E-state index in [9.17, 15) is 14.7 Å². The number of carbonyl (C=O) groups is 2. The van der Waals surface area contributed by atoms with Crippen molar-refractivity contribution >= 4 is 45.2 Å². The Hall–Kier alpha value is -9.74. The quantitative estimate of drug-likeness (QED) is 0.0703. The van der Waals surface area contributed by atoms with Crippen molar-refractivity contribution in [2.45, 2.75) is 77.3 Å². The number of aromatic carboxylic acids is 1. The number of ether oxygens (including phenoxy) is 5. The Balaban J connectivity index is 0.000000161. The molecule has 10 heterocycles. The third-order valence-electron chi connectivity index (χ3n) is 16.0. The maximum atomic E-state index is 12.2. The summed E-state index contributed by atoms with van der Waals surface area (Å²) in [7, 11) is 1.40. The Labute approximate surface area is 500 Å². The number of hydrogen-bond donors (Lipinski definition) is 1. The molecule has 87 heavy (non-hydrogen) atoms. The topological polar surface area (TPSA) is 230 Å². The second-order valence-corrected chi connectivity index (χ2v) is 21.7. The Kier molecular flexibility index (Phi) is 16.8. The molecule has 0 unspecified atom stereocenters.